The Balaban J connectivity index is 1.08. The predicted molar refractivity (Wildman–Crippen MR) is 92.8 cm³/mol. The molecule has 6 aliphatic rings. The molecule has 4 saturated heterocycles. The summed E-state index contributed by atoms with van der Waals surface area (Å²) in [5.74, 6) is 0.849. The Labute approximate surface area is 152 Å². The molecule has 6 fully saturated rings. The number of nitrogens with one attached hydrogen (secondary N) is 2. The minimum Gasteiger partial charge on any atom is -0.461 e. The molecule has 2 aliphatic carbocycles. The Kier molecular flexibility index (Phi) is 3.98. The summed E-state index contributed by atoms with van der Waals surface area (Å²) in [6.07, 6.45) is 2.21. The van der Waals surface area contributed by atoms with Crippen molar-refractivity contribution in [1.29, 1.82) is 0 Å². The van der Waals surface area contributed by atoms with E-state index in [0.29, 0.717) is 37.1 Å². The molecular formula is C20H24N2O4. The van der Waals surface area contributed by atoms with Crippen LogP contribution in [0.4, 0.5) is 0 Å². The largest absolute Gasteiger partial charge is 0.461 e. The van der Waals surface area contributed by atoms with Crippen LogP contribution in [0.25, 0.3) is 0 Å². The Morgan fingerprint density at radius 3 is 1.54 bits per heavy atom. The predicted octanol–water partition coefficient (Wildman–Crippen LogP) is 0.989. The van der Waals surface area contributed by atoms with Crippen LogP contribution in [-0.4, -0.2) is 37.1 Å². The van der Waals surface area contributed by atoms with Crippen LogP contribution in [0.3, 0.4) is 0 Å². The van der Waals surface area contributed by atoms with Gasteiger partial charge in [0.2, 0.25) is 0 Å². The van der Waals surface area contributed by atoms with E-state index < -0.39 is 0 Å². The van der Waals surface area contributed by atoms with Gasteiger partial charge in [-0.05, 0) is 48.9 Å². The maximum absolute atomic E-state index is 12.1. The number of fused-ring (bicyclic) bond motifs is 2. The standard InChI is InChI=1S/C20H24N2O4/c23-19(17-13-5-15(17)21-7-13)25-9-11-1-2-12(4-3-11)10-26-20(24)18-14-6-16(18)22-8-14/h1-4,13-18,21-22H,5-10H2. The highest BCUT2D eigenvalue weighted by Crippen LogP contribution is 2.41. The highest BCUT2D eigenvalue weighted by atomic mass is 16.5. The topological polar surface area (TPSA) is 76.7 Å². The van der Waals surface area contributed by atoms with Gasteiger partial charge in [-0.3, -0.25) is 9.59 Å². The second kappa shape index (κ2) is 6.35. The average Bonchev–Trinajstić information content (AvgIpc) is 3.39. The summed E-state index contributed by atoms with van der Waals surface area (Å²) in [6.45, 7) is 2.48. The molecule has 6 atom stereocenters. The number of carbonyl (C=O) groups is 2. The lowest BCUT2D eigenvalue weighted by atomic mass is 9.74. The van der Waals surface area contributed by atoms with Crippen LogP contribution in [0.2, 0.25) is 0 Å². The zero-order valence-electron chi connectivity index (χ0n) is 14.6. The summed E-state index contributed by atoms with van der Waals surface area (Å²) in [4.78, 5) is 24.3. The van der Waals surface area contributed by atoms with E-state index in [1.165, 1.54) is 0 Å². The number of hydrogen-bond donors (Lipinski definition) is 2. The zero-order valence-corrected chi connectivity index (χ0v) is 14.6. The normalized spacial score (nSPS) is 36.2. The van der Waals surface area contributed by atoms with E-state index >= 15 is 0 Å². The van der Waals surface area contributed by atoms with Gasteiger partial charge >= 0.3 is 11.9 Å². The van der Waals surface area contributed by atoms with Gasteiger partial charge in [0.1, 0.15) is 13.2 Å². The number of benzene rings is 1. The molecule has 6 heteroatoms. The van der Waals surface area contributed by atoms with Crippen molar-refractivity contribution in [2.45, 2.75) is 38.1 Å². The van der Waals surface area contributed by atoms with E-state index in [-0.39, 0.29) is 23.8 Å². The van der Waals surface area contributed by atoms with Gasteiger partial charge in [-0.15, -0.1) is 0 Å². The summed E-state index contributed by atoms with van der Waals surface area (Å²) >= 11 is 0. The lowest BCUT2D eigenvalue weighted by Crippen LogP contribution is -2.43. The fourth-order valence-corrected chi connectivity index (χ4v) is 4.90. The Morgan fingerprint density at radius 2 is 1.23 bits per heavy atom. The number of esters is 2. The first-order chi connectivity index (χ1) is 12.7. The third-order valence-corrected chi connectivity index (χ3v) is 6.61. The summed E-state index contributed by atoms with van der Waals surface area (Å²) in [7, 11) is 0. The smallest absolute Gasteiger partial charge is 0.311 e. The maximum atomic E-state index is 12.1. The van der Waals surface area contributed by atoms with Gasteiger partial charge in [0.05, 0.1) is 11.8 Å². The molecule has 4 bridgehead atoms. The minimum atomic E-state index is -0.0852. The molecule has 6 unspecified atom stereocenters. The first kappa shape index (κ1) is 16.3. The van der Waals surface area contributed by atoms with Crippen molar-refractivity contribution >= 4 is 11.9 Å². The second-order valence-electron chi connectivity index (χ2n) is 8.10. The third-order valence-electron chi connectivity index (χ3n) is 6.61. The van der Waals surface area contributed by atoms with Crippen molar-refractivity contribution in [1.82, 2.24) is 10.6 Å². The number of ether oxygens (including phenoxy) is 2. The van der Waals surface area contributed by atoms with Crippen LogP contribution >= 0.6 is 0 Å². The molecule has 0 spiro atoms. The molecule has 1 aromatic carbocycles. The van der Waals surface area contributed by atoms with Crippen molar-refractivity contribution in [3.05, 3.63) is 35.4 Å². The number of hydrogen-bond acceptors (Lipinski definition) is 6. The summed E-state index contributed by atoms with van der Waals surface area (Å²) in [5, 5.41) is 6.67. The molecule has 138 valence electrons. The monoisotopic (exact) mass is 356 g/mol. The van der Waals surface area contributed by atoms with Gasteiger partial charge in [0.15, 0.2) is 0 Å². The van der Waals surface area contributed by atoms with Gasteiger partial charge in [-0.2, -0.15) is 0 Å². The molecular weight excluding hydrogens is 332 g/mol. The van der Waals surface area contributed by atoms with Gasteiger partial charge in [0, 0.05) is 12.1 Å². The zero-order chi connectivity index (χ0) is 17.7. The van der Waals surface area contributed by atoms with Crippen molar-refractivity contribution in [2.75, 3.05) is 13.1 Å². The van der Waals surface area contributed by atoms with E-state index in [2.05, 4.69) is 10.6 Å². The quantitative estimate of drug-likeness (QED) is 0.741. The van der Waals surface area contributed by atoms with E-state index in [1.54, 1.807) is 0 Å². The van der Waals surface area contributed by atoms with Crippen LogP contribution in [0, 0.1) is 23.7 Å². The van der Waals surface area contributed by atoms with Crippen LogP contribution in [0.5, 0.6) is 0 Å². The lowest BCUT2D eigenvalue weighted by Gasteiger charge is -2.32. The summed E-state index contributed by atoms with van der Waals surface area (Å²) in [5.41, 5.74) is 1.91. The maximum Gasteiger partial charge on any atom is 0.311 e. The molecule has 2 N–H and O–H groups in total. The van der Waals surface area contributed by atoms with E-state index in [4.69, 9.17) is 9.47 Å². The summed E-state index contributed by atoms with van der Waals surface area (Å²) in [6, 6.07) is 8.37. The van der Waals surface area contributed by atoms with Crippen LogP contribution in [-0.2, 0) is 32.3 Å². The molecule has 4 heterocycles. The molecule has 4 aliphatic heterocycles. The molecule has 0 aromatic heterocycles. The lowest BCUT2D eigenvalue weighted by molar-refractivity contribution is -0.156. The van der Waals surface area contributed by atoms with Crippen molar-refractivity contribution in [2.24, 2.45) is 23.7 Å². The van der Waals surface area contributed by atoms with E-state index in [1.807, 2.05) is 24.3 Å². The Hall–Kier alpha value is -1.92. The van der Waals surface area contributed by atoms with Crippen molar-refractivity contribution in [3.8, 4) is 0 Å². The first-order valence-electron chi connectivity index (χ1n) is 9.57. The summed E-state index contributed by atoms with van der Waals surface area (Å²) < 4.78 is 10.9. The highest BCUT2D eigenvalue weighted by Gasteiger charge is 2.52. The molecule has 7 rings (SSSR count). The second-order valence-corrected chi connectivity index (χ2v) is 8.10. The molecule has 0 radical (unpaired) electrons. The molecule has 2 saturated carbocycles. The average molecular weight is 356 g/mol. The molecule has 26 heavy (non-hydrogen) atoms. The van der Waals surface area contributed by atoms with Gasteiger partial charge in [-0.25, -0.2) is 0 Å². The Morgan fingerprint density at radius 1 is 0.808 bits per heavy atom. The molecule has 6 nitrogen and oxygen atoms in total. The van der Waals surface area contributed by atoms with Crippen molar-refractivity contribution < 1.29 is 19.1 Å². The van der Waals surface area contributed by atoms with E-state index in [9.17, 15) is 9.59 Å². The molecule has 0 amide bonds. The third kappa shape index (κ3) is 2.72. The van der Waals surface area contributed by atoms with Gasteiger partial charge in [-0.1, -0.05) is 24.3 Å². The molecule has 1 aromatic rings. The minimum absolute atomic E-state index is 0.0463. The SMILES string of the molecule is O=C(OCc1ccc(COC(=O)C2C3CNC2C3)cc1)C1C2CNC1C2. The first-order valence-corrected chi connectivity index (χ1v) is 9.57. The highest BCUT2D eigenvalue weighted by molar-refractivity contribution is 5.76. The van der Waals surface area contributed by atoms with Crippen LogP contribution in [0.1, 0.15) is 24.0 Å². The number of rotatable bonds is 6. The van der Waals surface area contributed by atoms with Crippen molar-refractivity contribution in [3.63, 3.8) is 0 Å². The van der Waals surface area contributed by atoms with Crippen LogP contribution in [0.15, 0.2) is 24.3 Å². The van der Waals surface area contributed by atoms with Gasteiger partial charge in [0.25, 0.3) is 0 Å². The van der Waals surface area contributed by atoms with Crippen LogP contribution < -0.4 is 10.6 Å². The van der Waals surface area contributed by atoms with Gasteiger partial charge < -0.3 is 20.1 Å². The fraction of sp³-hybridized carbons (Fsp3) is 0.600. The Bertz CT molecular complexity index is 630. The number of carbonyl (C=O) groups excluding carboxylic acids is 2. The fourth-order valence-electron chi connectivity index (χ4n) is 4.90. The van der Waals surface area contributed by atoms with E-state index in [0.717, 1.165) is 37.1 Å².